The third kappa shape index (κ3) is 7.66. The monoisotopic (exact) mass is 279 g/mol. The van der Waals surface area contributed by atoms with E-state index in [0.29, 0.717) is 13.1 Å². The van der Waals surface area contributed by atoms with Gasteiger partial charge in [-0.05, 0) is 26.7 Å². The Morgan fingerprint density at radius 3 is 2.40 bits per heavy atom. The summed E-state index contributed by atoms with van der Waals surface area (Å²) in [5.74, 6) is 2.63. The summed E-state index contributed by atoms with van der Waals surface area (Å²) in [4.78, 5) is 11.6. The van der Waals surface area contributed by atoms with Crippen LogP contribution in [0.3, 0.4) is 0 Å². The van der Waals surface area contributed by atoms with Crippen LogP contribution in [0.25, 0.3) is 0 Å². The third-order valence-electron chi connectivity index (χ3n) is 2.73. The van der Waals surface area contributed by atoms with Crippen LogP contribution in [0, 0.1) is 35.5 Å². The molecule has 0 saturated heterocycles. The van der Waals surface area contributed by atoms with E-state index in [1.54, 1.807) is 20.8 Å². The molecular formula is C15H25N3O2. The van der Waals surface area contributed by atoms with Crippen molar-refractivity contribution in [3.63, 3.8) is 0 Å². The fourth-order valence-electron chi connectivity index (χ4n) is 1.72. The lowest BCUT2D eigenvalue weighted by atomic mass is 9.89. The van der Waals surface area contributed by atoms with Crippen molar-refractivity contribution in [3.05, 3.63) is 0 Å². The molecule has 0 aromatic heterocycles. The Labute approximate surface area is 122 Å². The van der Waals surface area contributed by atoms with E-state index >= 15 is 0 Å². The van der Waals surface area contributed by atoms with Crippen LogP contribution in [0.1, 0.15) is 34.6 Å². The molecule has 0 heterocycles. The van der Waals surface area contributed by atoms with Crippen LogP contribution < -0.4 is 10.6 Å². The van der Waals surface area contributed by atoms with E-state index in [9.17, 15) is 10.1 Å². The lowest BCUT2D eigenvalue weighted by molar-refractivity contribution is 0.0512. The molecule has 0 radical (unpaired) electrons. The van der Waals surface area contributed by atoms with Crippen LogP contribution >= 0.6 is 0 Å². The molecule has 0 aliphatic carbocycles. The van der Waals surface area contributed by atoms with Gasteiger partial charge in [-0.2, -0.15) is 5.26 Å². The number of nitrogens with one attached hydrogen (secondary N) is 2. The molecule has 5 nitrogen and oxygen atoms in total. The van der Waals surface area contributed by atoms with Gasteiger partial charge in [0, 0.05) is 12.5 Å². The van der Waals surface area contributed by atoms with E-state index in [1.807, 2.05) is 13.8 Å². The third-order valence-corrected chi connectivity index (χ3v) is 2.73. The Morgan fingerprint density at radius 2 is 2.00 bits per heavy atom. The number of hydrogen-bond donors (Lipinski definition) is 2. The second-order valence-corrected chi connectivity index (χ2v) is 5.98. The van der Waals surface area contributed by atoms with E-state index in [2.05, 4.69) is 22.6 Å². The molecule has 0 bridgehead atoms. The summed E-state index contributed by atoms with van der Waals surface area (Å²) in [6, 6.07) is 1.79. The maximum Gasteiger partial charge on any atom is 0.407 e. The van der Waals surface area contributed by atoms with Gasteiger partial charge in [-0.3, -0.25) is 5.32 Å². The summed E-state index contributed by atoms with van der Waals surface area (Å²) < 4.78 is 5.18. The first kappa shape index (κ1) is 18.3. The minimum Gasteiger partial charge on any atom is -0.444 e. The van der Waals surface area contributed by atoms with Gasteiger partial charge in [0.2, 0.25) is 0 Å². The maximum atomic E-state index is 11.6. The van der Waals surface area contributed by atoms with Crippen molar-refractivity contribution >= 4 is 6.09 Å². The molecule has 0 aliphatic rings. The first-order valence-electron chi connectivity index (χ1n) is 6.74. The van der Waals surface area contributed by atoms with Crippen LogP contribution in [-0.2, 0) is 4.74 Å². The van der Waals surface area contributed by atoms with Gasteiger partial charge >= 0.3 is 6.09 Å². The van der Waals surface area contributed by atoms with Crippen LogP contribution in [0.5, 0.6) is 0 Å². The number of carbonyl (C=O) groups is 1. The van der Waals surface area contributed by atoms with E-state index < -0.39 is 17.7 Å². The smallest absolute Gasteiger partial charge is 0.407 e. The number of hydrogen-bond acceptors (Lipinski definition) is 4. The standard InChI is InChI=1S/C15H25N3O2/c1-7-8-17-13(9-16)12(11(2)3)10-18-14(19)20-15(4,5)6/h1,11-13,17H,8,10H2,2-6H3,(H,18,19). The van der Waals surface area contributed by atoms with Crippen LogP contribution in [0.4, 0.5) is 4.79 Å². The normalized spacial score (nSPS) is 14.0. The molecule has 0 fully saturated rings. The highest BCUT2D eigenvalue weighted by Crippen LogP contribution is 2.15. The molecule has 0 rings (SSSR count). The predicted octanol–water partition coefficient (Wildman–Crippen LogP) is 1.90. The zero-order chi connectivity index (χ0) is 15.8. The Hall–Kier alpha value is -1.72. The van der Waals surface area contributed by atoms with Gasteiger partial charge in [-0.25, -0.2) is 4.79 Å². The Kier molecular flexibility index (Phi) is 7.72. The molecule has 1 amide bonds. The SMILES string of the molecule is C#CCNC(C#N)C(CNC(=O)OC(C)(C)C)C(C)C. The second kappa shape index (κ2) is 8.45. The van der Waals surface area contributed by atoms with Gasteiger partial charge in [0.25, 0.3) is 0 Å². The summed E-state index contributed by atoms with van der Waals surface area (Å²) in [6.07, 6.45) is 4.71. The first-order chi connectivity index (χ1) is 9.21. The summed E-state index contributed by atoms with van der Waals surface area (Å²) in [6.45, 7) is 10.1. The number of rotatable bonds is 6. The van der Waals surface area contributed by atoms with Gasteiger partial charge < -0.3 is 10.1 Å². The molecule has 20 heavy (non-hydrogen) atoms. The molecule has 0 aliphatic heterocycles. The average molecular weight is 279 g/mol. The summed E-state index contributed by atoms with van der Waals surface area (Å²) in [5, 5.41) is 14.9. The molecule has 112 valence electrons. The van der Waals surface area contributed by atoms with Gasteiger partial charge in [-0.1, -0.05) is 19.8 Å². The maximum absolute atomic E-state index is 11.6. The number of terminal acetylenes is 1. The summed E-state index contributed by atoms with van der Waals surface area (Å²) >= 11 is 0. The minimum absolute atomic E-state index is 0.0409. The number of ether oxygens (including phenoxy) is 1. The molecular weight excluding hydrogens is 254 g/mol. The second-order valence-electron chi connectivity index (χ2n) is 5.98. The minimum atomic E-state index is -0.534. The van der Waals surface area contributed by atoms with Gasteiger partial charge in [0.15, 0.2) is 0 Å². The zero-order valence-corrected chi connectivity index (χ0v) is 13.0. The molecule has 2 atom stereocenters. The van der Waals surface area contributed by atoms with Gasteiger partial charge in [0.1, 0.15) is 11.6 Å². The molecule has 0 saturated carbocycles. The Bertz CT molecular complexity index is 385. The van der Waals surface area contributed by atoms with Crippen molar-refractivity contribution in [3.8, 4) is 18.4 Å². The summed E-state index contributed by atoms with van der Waals surface area (Å²) in [7, 11) is 0. The molecule has 2 unspecified atom stereocenters. The van der Waals surface area contributed by atoms with Gasteiger partial charge in [-0.15, -0.1) is 6.42 Å². The van der Waals surface area contributed by atoms with E-state index in [-0.39, 0.29) is 11.8 Å². The van der Waals surface area contributed by atoms with Crippen molar-refractivity contribution in [2.75, 3.05) is 13.1 Å². The van der Waals surface area contributed by atoms with Crippen molar-refractivity contribution in [1.82, 2.24) is 10.6 Å². The molecule has 2 N–H and O–H groups in total. The Morgan fingerprint density at radius 1 is 1.40 bits per heavy atom. The van der Waals surface area contributed by atoms with Crippen molar-refractivity contribution in [2.24, 2.45) is 11.8 Å². The number of nitriles is 1. The predicted molar refractivity (Wildman–Crippen MR) is 78.8 cm³/mol. The number of nitrogens with zero attached hydrogens (tertiary/aromatic N) is 1. The molecule has 0 spiro atoms. The number of alkyl carbamates (subject to hydrolysis) is 1. The fourth-order valence-corrected chi connectivity index (χ4v) is 1.72. The topological polar surface area (TPSA) is 74.2 Å². The highest BCUT2D eigenvalue weighted by molar-refractivity contribution is 5.67. The summed E-state index contributed by atoms with van der Waals surface area (Å²) in [5.41, 5.74) is -0.534. The molecule has 0 aromatic rings. The van der Waals surface area contributed by atoms with E-state index in [4.69, 9.17) is 11.2 Å². The van der Waals surface area contributed by atoms with E-state index in [1.165, 1.54) is 0 Å². The van der Waals surface area contributed by atoms with E-state index in [0.717, 1.165) is 0 Å². The first-order valence-corrected chi connectivity index (χ1v) is 6.74. The lowest BCUT2D eigenvalue weighted by Crippen LogP contribution is -2.45. The average Bonchev–Trinajstić information content (AvgIpc) is 2.30. The van der Waals surface area contributed by atoms with Crippen molar-refractivity contribution < 1.29 is 9.53 Å². The number of carbonyl (C=O) groups excluding carboxylic acids is 1. The van der Waals surface area contributed by atoms with Crippen LogP contribution in [0.2, 0.25) is 0 Å². The molecule has 5 heteroatoms. The largest absolute Gasteiger partial charge is 0.444 e. The van der Waals surface area contributed by atoms with Crippen molar-refractivity contribution in [2.45, 2.75) is 46.3 Å². The quantitative estimate of drug-likeness (QED) is 0.728. The fraction of sp³-hybridized carbons (Fsp3) is 0.733. The Balaban J connectivity index is 4.52. The zero-order valence-electron chi connectivity index (χ0n) is 13.0. The highest BCUT2D eigenvalue weighted by Gasteiger charge is 2.25. The van der Waals surface area contributed by atoms with Gasteiger partial charge in [0.05, 0.1) is 12.6 Å². The number of amides is 1. The van der Waals surface area contributed by atoms with Crippen molar-refractivity contribution in [1.29, 1.82) is 5.26 Å². The van der Waals surface area contributed by atoms with Crippen LogP contribution in [-0.4, -0.2) is 30.8 Å². The van der Waals surface area contributed by atoms with Crippen LogP contribution in [0.15, 0.2) is 0 Å². The lowest BCUT2D eigenvalue weighted by Gasteiger charge is -2.27. The molecule has 0 aromatic carbocycles. The highest BCUT2D eigenvalue weighted by atomic mass is 16.6.